The van der Waals surface area contributed by atoms with Crippen molar-refractivity contribution in [1.82, 2.24) is 0 Å². The number of anilines is 2. The van der Waals surface area contributed by atoms with Crippen molar-refractivity contribution in [3.63, 3.8) is 0 Å². The molecule has 0 atom stereocenters. The maximum Gasteiger partial charge on any atom is 0.243 e. The maximum atomic E-state index is 12.2. The fourth-order valence-electron chi connectivity index (χ4n) is 3.04. The normalized spacial score (nSPS) is 10.6. The Morgan fingerprint density at radius 1 is 0.857 bits per heavy atom. The summed E-state index contributed by atoms with van der Waals surface area (Å²) in [6.07, 6.45) is 4.79. The summed E-state index contributed by atoms with van der Waals surface area (Å²) < 4.78 is 5.74. The highest BCUT2D eigenvalue weighted by Gasteiger charge is 2.04. The van der Waals surface area contributed by atoms with E-state index in [0.29, 0.717) is 0 Å². The first-order valence-electron chi connectivity index (χ1n) is 10.00. The zero-order valence-corrected chi connectivity index (χ0v) is 16.4. The SMILES string of the molecule is CCCCCCOc1ccc(NCC(=O)Nc2ccc3ccccc3c2)cc1. The molecule has 0 saturated heterocycles. The molecule has 0 radical (unpaired) electrons. The standard InChI is InChI=1S/C24H28N2O2/c1-2-3-4-7-16-28-23-14-12-21(13-15-23)25-18-24(27)26-22-11-10-19-8-5-6-9-20(19)17-22/h5-6,8-15,17,25H,2-4,7,16,18H2,1H3,(H,26,27). The maximum absolute atomic E-state index is 12.2. The van der Waals surface area contributed by atoms with Gasteiger partial charge < -0.3 is 15.4 Å². The van der Waals surface area contributed by atoms with Crippen LogP contribution in [-0.2, 0) is 4.79 Å². The quantitative estimate of drug-likeness (QED) is 0.436. The number of nitrogens with one attached hydrogen (secondary N) is 2. The van der Waals surface area contributed by atoms with Gasteiger partial charge in [-0.15, -0.1) is 0 Å². The van der Waals surface area contributed by atoms with Crippen LogP contribution in [0.3, 0.4) is 0 Å². The Labute approximate surface area is 166 Å². The number of hydrogen-bond donors (Lipinski definition) is 2. The number of unbranched alkanes of at least 4 members (excludes halogenated alkanes) is 3. The molecule has 0 unspecified atom stereocenters. The van der Waals surface area contributed by atoms with Crippen molar-refractivity contribution in [2.45, 2.75) is 32.6 Å². The zero-order valence-electron chi connectivity index (χ0n) is 16.4. The number of carbonyl (C=O) groups is 1. The minimum atomic E-state index is -0.0773. The average molecular weight is 377 g/mol. The van der Waals surface area contributed by atoms with Gasteiger partial charge in [0.15, 0.2) is 0 Å². The van der Waals surface area contributed by atoms with Crippen molar-refractivity contribution >= 4 is 28.1 Å². The highest BCUT2D eigenvalue weighted by atomic mass is 16.5. The smallest absolute Gasteiger partial charge is 0.243 e. The van der Waals surface area contributed by atoms with Gasteiger partial charge in [-0.1, -0.05) is 56.5 Å². The van der Waals surface area contributed by atoms with Gasteiger partial charge in [0, 0.05) is 11.4 Å². The summed E-state index contributed by atoms with van der Waals surface area (Å²) >= 11 is 0. The molecule has 3 aromatic carbocycles. The lowest BCUT2D eigenvalue weighted by Gasteiger charge is -2.10. The molecule has 1 amide bonds. The number of rotatable bonds is 10. The Balaban J connectivity index is 1.43. The highest BCUT2D eigenvalue weighted by Crippen LogP contribution is 2.19. The van der Waals surface area contributed by atoms with Crippen LogP contribution < -0.4 is 15.4 Å². The molecule has 3 rings (SSSR count). The lowest BCUT2D eigenvalue weighted by Crippen LogP contribution is -2.21. The van der Waals surface area contributed by atoms with Gasteiger partial charge in [0.25, 0.3) is 0 Å². The molecule has 0 bridgehead atoms. The van der Waals surface area contributed by atoms with Crippen LogP contribution in [0.25, 0.3) is 10.8 Å². The summed E-state index contributed by atoms with van der Waals surface area (Å²) in [6.45, 7) is 3.17. The summed E-state index contributed by atoms with van der Waals surface area (Å²) in [5.41, 5.74) is 1.70. The van der Waals surface area contributed by atoms with E-state index in [1.165, 1.54) is 19.3 Å². The monoisotopic (exact) mass is 376 g/mol. The van der Waals surface area contributed by atoms with E-state index < -0.39 is 0 Å². The number of ether oxygens (including phenoxy) is 1. The molecule has 0 saturated carbocycles. The topological polar surface area (TPSA) is 50.4 Å². The predicted octanol–water partition coefficient (Wildman–Crippen LogP) is 5.85. The van der Waals surface area contributed by atoms with Crippen LogP contribution >= 0.6 is 0 Å². The lowest BCUT2D eigenvalue weighted by atomic mass is 10.1. The van der Waals surface area contributed by atoms with Crippen molar-refractivity contribution in [2.75, 3.05) is 23.8 Å². The Bertz CT molecular complexity index is 891. The van der Waals surface area contributed by atoms with Gasteiger partial charge in [-0.25, -0.2) is 0 Å². The molecule has 0 aliphatic rings. The average Bonchev–Trinajstić information content (AvgIpc) is 2.73. The zero-order chi connectivity index (χ0) is 19.6. The predicted molar refractivity (Wildman–Crippen MR) is 117 cm³/mol. The second-order valence-electron chi connectivity index (χ2n) is 6.90. The fourth-order valence-corrected chi connectivity index (χ4v) is 3.04. The molecule has 0 aromatic heterocycles. The van der Waals surface area contributed by atoms with E-state index >= 15 is 0 Å². The van der Waals surface area contributed by atoms with Crippen molar-refractivity contribution < 1.29 is 9.53 Å². The molecule has 28 heavy (non-hydrogen) atoms. The molecule has 4 nitrogen and oxygen atoms in total. The summed E-state index contributed by atoms with van der Waals surface area (Å²) in [6, 6.07) is 21.8. The van der Waals surface area contributed by atoms with Crippen LogP contribution in [0.15, 0.2) is 66.7 Å². The highest BCUT2D eigenvalue weighted by molar-refractivity contribution is 5.96. The molecular weight excluding hydrogens is 348 g/mol. The van der Waals surface area contributed by atoms with Crippen LogP contribution in [0.4, 0.5) is 11.4 Å². The summed E-state index contributed by atoms with van der Waals surface area (Å²) in [4.78, 5) is 12.2. The molecule has 0 spiro atoms. The summed E-state index contributed by atoms with van der Waals surface area (Å²) in [5, 5.41) is 8.35. The molecule has 0 aliphatic heterocycles. The number of carbonyl (C=O) groups excluding carboxylic acids is 1. The van der Waals surface area contributed by atoms with Gasteiger partial charge in [-0.3, -0.25) is 4.79 Å². The molecule has 0 fully saturated rings. The number of hydrogen-bond acceptors (Lipinski definition) is 3. The van der Waals surface area contributed by atoms with Gasteiger partial charge in [-0.2, -0.15) is 0 Å². The van der Waals surface area contributed by atoms with Crippen molar-refractivity contribution in [3.8, 4) is 5.75 Å². The Kier molecular flexibility index (Phi) is 7.30. The third-order valence-electron chi connectivity index (χ3n) is 4.61. The molecule has 4 heteroatoms. The van der Waals surface area contributed by atoms with Crippen LogP contribution in [0.2, 0.25) is 0 Å². The van der Waals surface area contributed by atoms with E-state index in [0.717, 1.165) is 40.9 Å². The molecule has 0 aliphatic carbocycles. The number of benzene rings is 3. The van der Waals surface area contributed by atoms with Crippen molar-refractivity contribution in [1.29, 1.82) is 0 Å². The molecule has 146 valence electrons. The van der Waals surface area contributed by atoms with Gasteiger partial charge in [0.05, 0.1) is 13.2 Å². The van der Waals surface area contributed by atoms with Gasteiger partial charge in [0.1, 0.15) is 5.75 Å². The Morgan fingerprint density at radius 2 is 1.61 bits per heavy atom. The summed E-state index contributed by atoms with van der Waals surface area (Å²) in [7, 11) is 0. The lowest BCUT2D eigenvalue weighted by molar-refractivity contribution is -0.114. The number of fused-ring (bicyclic) bond motifs is 1. The molecule has 3 aromatic rings. The van der Waals surface area contributed by atoms with Gasteiger partial charge in [-0.05, 0) is 53.6 Å². The summed E-state index contributed by atoms with van der Waals surface area (Å²) in [5.74, 6) is 0.786. The van der Waals surface area contributed by atoms with E-state index in [9.17, 15) is 4.79 Å². The third kappa shape index (κ3) is 6.02. The van der Waals surface area contributed by atoms with Crippen LogP contribution in [0, 0.1) is 0 Å². The number of amides is 1. The van der Waals surface area contributed by atoms with E-state index in [4.69, 9.17) is 4.74 Å². The Hall–Kier alpha value is -3.01. The van der Waals surface area contributed by atoms with E-state index in [2.05, 4.69) is 23.6 Å². The van der Waals surface area contributed by atoms with Crippen LogP contribution in [0.5, 0.6) is 5.75 Å². The molecule has 0 heterocycles. The van der Waals surface area contributed by atoms with Gasteiger partial charge >= 0.3 is 0 Å². The first-order valence-corrected chi connectivity index (χ1v) is 10.00. The van der Waals surface area contributed by atoms with E-state index in [1.807, 2.05) is 60.7 Å². The minimum absolute atomic E-state index is 0.0773. The fraction of sp³-hybridized carbons (Fsp3) is 0.292. The second kappa shape index (κ2) is 10.4. The van der Waals surface area contributed by atoms with E-state index in [1.54, 1.807) is 0 Å². The Morgan fingerprint density at radius 3 is 2.39 bits per heavy atom. The third-order valence-corrected chi connectivity index (χ3v) is 4.61. The first-order chi connectivity index (χ1) is 13.7. The molecular formula is C24H28N2O2. The van der Waals surface area contributed by atoms with E-state index in [-0.39, 0.29) is 12.5 Å². The largest absolute Gasteiger partial charge is 0.494 e. The minimum Gasteiger partial charge on any atom is -0.494 e. The van der Waals surface area contributed by atoms with Crippen molar-refractivity contribution in [3.05, 3.63) is 66.7 Å². The first kappa shape index (κ1) is 19.7. The van der Waals surface area contributed by atoms with Crippen LogP contribution in [0.1, 0.15) is 32.6 Å². The van der Waals surface area contributed by atoms with Gasteiger partial charge in [0.2, 0.25) is 5.91 Å². The van der Waals surface area contributed by atoms with Crippen molar-refractivity contribution in [2.24, 2.45) is 0 Å². The van der Waals surface area contributed by atoms with Crippen LogP contribution in [-0.4, -0.2) is 19.1 Å². The second-order valence-corrected chi connectivity index (χ2v) is 6.90. The molecule has 2 N–H and O–H groups in total.